The predicted molar refractivity (Wildman–Crippen MR) is 163 cm³/mol. The largest absolute Gasteiger partial charge is 0.508 e. The van der Waals surface area contributed by atoms with Gasteiger partial charge in [0.25, 0.3) is 0 Å². The van der Waals surface area contributed by atoms with Gasteiger partial charge >= 0.3 is 5.97 Å². The summed E-state index contributed by atoms with van der Waals surface area (Å²) in [6, 6.07) is 19.6. The fourth-order valence-electron chi connectivity index (χ4n) is 4.58. The lowest BCUT2D eigenvalue weighted by atomic mass is 10.1. The number of aromatic hydroxyl groups is 1. The summed E-state index contributed by atoms with van der Waals surface area (Å²) in [6.07, 6.45) is 13.4. The van der Waals surface area contributed by atoms with Crippen LogP contribution >= 0.6 is 0 Å². The van der Waals surface area contributed by atoms with E-state index in [0.717, 1.165) is 24.8 Å². The minimum atomic E-state index is -0.994. The number of hydrogen-bond donors (Lipinski definition) is 2. The van der Waals surface area contributed by atoms with Crippen LogP contribution in [0.5, 0.6) is 23.0 Å². The number of carbonyl (C=O) groups is 1. The van der Waals surface area contributed by atoms with Crippen LogP contribution in [0.2, 0.25) is 0 Å². The number of rotatable bonds is 18. The van der Waals surface area contributed by atoms with Gasteiger partial charge in [-0.3, -0.25) is 4.79 Å². The molecule has 2 N–H and O–H groups in total. The number of hydrogen-bond acceptors (Lipinski definition) is 6. The molecule has 3 rings (SSSR count). The van der Waals surface area contributed by atoms with Crippen LogP contribution in [0.1, 0.15) is 93.9 Å². The quantitative estimate of drug-likeness (QED) is 0.0921. The van der Waals surface area contributed by atoms with Gasteiger partial charge in [0.2, 0.25) is 0 Å². The van der Waals surface area contributed by atoms with Gasteiger partial charge in [-0.25, -0.2) is 0 Å². The number of carbonyl (C=O) groups excluding carboxylic acids is 1. The molecule has 0 radical (unpaired) electrons. The third kappa shape index (κ3) is 11.3. The summed E-state index contributed by atoms with van der Waals surface area (Å²) in [5.74, 6) is 1.13. The normalized spacial score (nSPS) is 11.9. The summed E-state index contributed by atoms with van der Waals surface area (Å²) < 4.78 is 17.0. The summed E-state index contributed by atoms with van der Waals surface area (Å²) in [5.41, 5.74) is 2.22. The Bertz CT molecular complexity index is 1220. The molecule has 0 heterocycles. The fraction of sp³-hybridized carbons (Fsp3) is 0.400. The molecule has 220 valence electrons. The van der Waals surface area contributed by atoms with E-state index >= 15 is 0 Å². The first kappa shape index (κ1) is 31.8. The molecule has 0 aliphatic rings. The van der Waals surface area contributed by atoms with Crippen molar-refractivity contribution in [2.24, 2.45) is 0 Å². The molecule has 3 aromatic rings. The van der Waals surface area contributed by atoms with Gasteiger partial charge in [0.1, 0.15) is 35.7 Å². The molecule has 0 saturated heterocycles. The topological polar surface area (TPSA) is 85.2 Å². The summed E-state index contributed by atoms with van der Waals surface area (Å²) >= 11 is 0. The number of benzene rings is 3. The highest BCUT2D eigenvalue weighted by molar-refractivity contribution is 5.72. The first-order valence-electron chi connectivity index (χ1n) is 14.7. The summed E-state index contributed by atoms with van der Waals surface area (Å²) in [4.78, 5) is 12.5. The van der Waals surface area contributed by atoms with Crippen molar-refractivity contribution in [2.45, 2.75) is 83.8 Å². The number of phenols is 1. The van der Waals surface area contributed by atoms with Gasteiger partial charge in [0.05, 0.1) is 7.11 Å². The Morgan fingerprint density at radius 2 is 1.56 bits per heavy atom. The molecule has 0 saturated carbocycles. The maximum Gasteiger partial charge on any atom is 0.311 e. The monoisotopic (exact) mass is 560 g/mol. The maximum absolute atomic E-state index is 12.5. The predicted octanol–water partition coefficient (Wildman–Crippen LogP) is 8.55. The molecule has 0 bridgehead atoms. The molecule has 0 aliphatic heterocycles. The molecule has 0 amide bonds. The lowest BCUT2D eigenvalue weighted by Gasteiger charge is -2.16. The van der Waals surface area contributed by atoms with Crippen molar-refractivity contribution in [3.63, 3.8) is 0 Å². The Morgan fingerprint density at radius 1 is 0.854 bits per heavy atom. The van der Waals surface area contributed by atoms with Gasteiger partial charge in [0, 0.05) is 29.7 Å². The average Bonchev–Trinajstić information content (AvgIpc) is 2.99. The summed E-state index contributed by atoms with van der Waals surface area (Å²) in [5, 5.41) is 20.7. The van der Waals surface area contributed by atoms with Crippen molar-refractivity contribution < 1.29 is 29.2 Å². The van der Waals surface area contributed by atoms with Gasteiger partial charge in [-0.05, 0) is 36.2 Å². The maximum atomic E-state index is 12.5. The third-order valence-electron chi connectivity index (χ3n) is 6.93. The smallest absolute Gasteiger partial charge is 0.311 e. The van der Waals surface area contributed by atoms with Crippen molar-refractivity contribution in [1.29, 1.82) is 0 Å². The van der Waals surface area contributed by atoms with E-state index in [9.17, 15) is 15.0 Å². The van der Waals surface area contributed by atoms with E-state index < -0.39 is 6.10 Å². The number of phenolic OH excluding ortho intramolecular Hbond substituents is 1. The molecule has 41 heavy (non-hydrogen) atoms. The van der Waals surface area contributed by atoms with Crippen LogP contribution in [0.4, 0.5) is 0 Å². The van der Waals surface area contributed by atoms with Gasteiger partial charge < -0.3 is 24.4 Å². The van der Waals surface area contributed by atoms with Crippen molar-refractivity contribution >= 4 is 12.0 Å². The van der Waals surface area contributed by atoms with Gasteiger partial charge in [-0.1, -0.05) is 101 Å². The highest BCUT2D eigenvalue weighted by atomic mass is 16.5. The lowest BCUT2D eigenvalue weighted by molar-refractivity contribution is -0.134. The van der Waals surface area contributed by atoms with E-state index in [1.165, 1.54) is 51.7 Å². The number of unbranched alkanes of at least 4 members (excludes halogenated alkanes) is 8. The number of methoxy groups -OCH3 is 1. The molecular formula is C35H44O6. The van der Waals surface area contributed by atoms with Crippen LogP contribution in [0.3, 0.4) is 0 Å². The molecule has 6 nitrogen and oxygen atoms in total. The molecule has 1 atom stereocenters. The second-order valence-corrected chi connectivity index (χ2v) is 10.3. The number of esters is 1. The Hall–Kier alpha value is -3.77. The molecule has 0 fully saturated rings. The molecule has 3 aromatic carbocycles. The van der Waals surface area contributed by atoms with Gasteiger partial charge in [-0.15, -0.1) is 0 Å². The first-order chi connectivity index (χ1) is 20.0. The zero-order valence-corrected chi connectivity index (χ0v) is 24.4. The molecular weight excluding hydrogens is 516 g/mol. The van der Waals surface area contributed by atoms with Gasteiger partial charge in [0.15, 0.2) is 0 Å². The minimum absolute atomic E-state index is 0.0964. The van der Waals surface area contributed by atoms with E-state index in [-0.39, 0.29) is 11.7 Å². The molecule has 0 spiro atoms. The Morgan fingerprint density at radius 3 is 2.27 bits per heavy atom. The van der Waals surface area contributed by atoms with Crippen molar-refractivity contribution in [2.75, 3.05) is 7.11 Å². The van der Waals surface area contributed by atoms with E-state index in [0.29, 0.717) is 41.4 Å². The highest BCUT2D eigenvalue weighted by Gasteiger charge is 2.15. The van der Waals surface area contributed by atoms with E-state index in [4.69, 9.17) is 14.2 Å². The van der Waals surface area contributed by atoms with Crippen LogP contribution in [0.25, 0.3) is 6.08 Å². The third-order valence-corrected chi connectivity index (χ3v) is 6.93. The standard InChI is InChI=1S/C35H44O6/c1-3-4-5-6-7-8-9-10-14-17-35(38)41-30-21-22-31(34(25-30)40-26-27-15-12-11-13-16-27)32(37)23-19-28-18-20-29(36)24-33(28)39-2/h11-13,15-16,18-25,32,36-37H,3-10,14,17,26H2,1-2H3. The molecule has 1 unspecified atom stereocenters. The zero-order chi connectivity index (χ0) is 29.3. The Kier molecular flexibility index (Phi) is 13.8. The van der Waals surface area contributed by atoms with Crippen molar-refractivity contribution in [3.8, 4) is 23.0 Å². The lowest BCUT2D eigenvalue weighted by Crippen LogP contribution is -2.08. The molecule has 6 heteroatoms. The van der Waals surface area contributed by atoms with Crippen LogP contribution in [-0.2, 0) is 11.4 Å². The van der Waals surface area contributed by atoms with Crippen LogP contribution in [0.15, 0.2) is 72.8 Å². The first-order valence-corrected chi connectivity index (χ1v) is 14.7. The van der Waals surface area contributed by atoms with Crippen molar-refractivity contribution in [1.82, 2.24) is 0 Å². The van der Waals surface area contributed by atoms with E-state index in [1.807, 2.05) is 30.3 Å². The Balaban J connectivity index is 1.62. The van der Waals surface area contributed by atoms with Crippen molar-refractivity contribution in [3.05, 3.63) is 89.5 Å². The average molecular weight is 561 g/mol. The minimum Gasteiger partial charge on any atom is -0.508 e. The van der Waals surface area contributed by atoms with Crippen LogP contribution in [-0.4, -0.2) is 23.3 Å². The van der Waals surface area contributed by atoms with Crippen LogP contribution < -0.4 is 14.2 Å². The van der Waals surface area contributed by atoms with Gasteiger partial charge in [-0.2, -0.15) is 0 Å². The zero-order valence-electron chi connectivity index (χ0n) is 24.4. The Labute approximate surface area is 244 Å². The summed E-state index contributed by atoms with van der Waals surface area (Å²) in [7, 11) is 1.52. The van der Waals surface area contributed by atoms with Crippen LogP contribution in [0, 0.1) is 0 Å². The summed E-state index contributed by atoms with van der Waals surface area (Å²) in [6.45, 7) is 2.53. The SMILES string of the molecule is CCCCCCCCCCCC(=O)Oc1ccc(C(O)C=Cc2ccc(O)cc2OC)c(OCc2ccccc2)c1. The fourth-order valence-corrected chi connectivity index (χ4v) is 4.58. The second-order valence-electron chi connectivity index (χ2n) is 10.3. The van der Waals surface area contributed by atoms with E-state index in [1.54, 1.807) is 42.5 Å². The number of aliphatic hydroxyl groups is 1. The molecule has 0 aromatic heterocycles. The number of ether oxygens (including phenoxy) is 3. The van der Waals surface area contributed by atoms with E-state index in [2.05, 4.69) is 6.92 Å². The second kappa shape index (κ2) is 17.8. The molecule has 0 aliphatic carbocycles. The number of aliphatic hydroxyl groups excluding tert-OH is 1. The highest BCUT2D eigenvalue weighted by Crippen LogP contribution is 2.33.